The van der Waals surface area contributed by atoms with Crippen LogP contribution in [0.3, 0.4) is 0 Å². The van der Waals surface area contributed by atoms with Gasteiger partial charge in [0.15, 0.2) is 0 Å². The lowest BCUT2D eigenvalue weighted by Crippen LogP contribution is -2.14. The number of rotatable bonds is 5. The number of benzene rings is 2. The number of aromatic carboxylic acids is 1. The third kappa shape index (κ3) is 3.23. The van der Waals surface area contributed by atoms with Gasteiger partial charge >= 0.3 is 11.9 Å². The highest BCUT2D eigenvalue weighted by atomic mass is 16.4. The minimum Gasteiger partial charge on any atom is -0.481 e. The van der Waals surface area contributed by atoms with Gasteiger partial charge in [0.1, 0.15) is 0 Å². The summed E-state index contributed by atoms with van der Waals surface area (Å²) >= 11 is 0. The molecule has 1 unspecified atom stereocenters. The van der Waals surface area contributed by atoms with Crippen molar-refractivity contribution in [1.29, 1.82) is 0 Å². The van der Waals surface area contributed by atoms with E-state index >= 15 is 0 Å². The van der Waals surface area contributed by atoms with Crippen molar-refractivity contribution in [1.82, 2.24) is 0 Å². The van der Waals surface area contributed by atoms with Crippen LogP contribution in [-0.4, -0.2) is 22.2 Å². The van der Waals surface area contributed by atoms with Crippen molar-refractivity contribution in [2.75, 3.05) is 0 Å². The molecule has 0 aliphatic heterocycles. The Bertz CT molecular complexity index is 602. The van der Waals surface area contributed by atoms with Crippen LogP contribution in [0.15, 0.2) is 54.6 Å². The maximum atomic E-state index is 11.4. The van der Waals surface area contributed by atoms with Gasteiger partial charge in [0, 0.05) is 0 Å². The van der Waals surface area contributed by atoms with Crippen LogP contribution in [-0.2, 0) is 11.2 Å². The van der Waals surface area contributed by atoms with Crippen molar-refractivity contribution in [2.45, 2.75) is 12.3 Å². The van der Waals surface area contributed by atoms with Crippen molar-refractivity contribution in [3.63, 3.8) is 0 Å². The molecule has 2 aromatic rings. The van der Waals surface area contributed by atoms with Crippen molar-refractivity contribution in [3.8, 4) is 0 Å². The second-order valence-corrected chi connectivity index (χ2v) is 4.51. The third-order valence-electron chi connectivity index (χ3n) is 3.14. The summed E-state index contributed by atoms with van der Waals surface area (Å²) in [5.74, 6) is -2.51. The monoisotopic (exact) mass is 270 g/mol. The molecule has 0 heterocycles. The molecule has 0 amide bonds. The molecule has 0 saturated heterocycles. The molecule has 1 atom stereocenters. The van der Waals surface area contributed by atoms with Gasteiger partial charge in [0.2, 0.25) is 0 Å². The van der Waals surface area contributed by atoms with E-state index in [-0.39, 0.29) is 5.56 Å². The largest absolute Gasteiger partial charge is 0.481 e. The first-order chi connectivity index (χ1) is 9.58. The van der Waals surface area contributed by atoms with Crippen LogP contribution in [0.2, 0.25) is 0 Å². The van der Waals surface area contributed by atoms with E-state index in [0.29, 0.717) is 6.42 Å². The quantitative estimate of drug-likeness (QED) is 0.876. The Morgan fingerprint density at radius 3 is 2.00 bits per heavy atom. The summed E-state index contributed by atoms with van der Waals surface area (Å²) in [5, 5.41) is 18.2. The topological polar surface area (TPSA) is 74.6 Å². The minimum atomic E-state index is -0.991. The van der Waals surface area contributed by atoms with Gasteiger partial charge in [0.05, 0.1) is 11.5 Å². The van der Waals surface area contributed by atoms with Crippen LogP contribution < -0.4 is 0 Å². The zero-order chi connectivity index (χ0) is 14.5. The molecule has 0 radical (unpaired) electrons. The zero-order valence-electron chi connectivity index (χ0n) is 10.7. The fraction of sp³-hybridized carbons (Fsp3) is 0.125. The van der Waals surface area contributed by atoms with E-state index in [1.807, 2.05) is 6.07 Å². The first kappa shape index (κ1) is 13.8. The molecule has 20 heavy (non-hydrogen) atoms. The second-order valence-electron chi connectivity index (χ2n) is 4.51. The second kappa shape index (κ2) is 6.02. The summed E-state index contributed by atoms with van der Waals surface area (Å²) in [6.45, 7) is 0. The molecule has 0 aliphatic carbocycles. The van der Waals surface area contributed by atoms with Crippen molar-refractivity contribution in [3.05, 3.63) is 71.3 Å². The Kier molecular flexibility index (Phi) is 4.15. The van der Waals surface area contributed by atoms with Crippen LogP contribution in [0.5, 0.6) is 0 Å². The molecule has 0 bridgehead atoms. The molecule has 4 nitrogen and oxygen atoms in total. The van der Waals surface area contributed by atoms with Crippen molar-refractivity contribution < 1.29 is 19.8 Å². The Balaban J connectivity index is 2.21. The van der Waals surface area contributed by atoms with Gasteiger partial charge in [-0.3, -0.25) is 4.79 Å². The number of carbonyl (C=O) groups is 2. The molecule has 102 valence electrons. The van der Waals surface area contributed by atoms with E-state index in [1.165, 1.54) is 12.1 Å². The highest BCUT2D eigenvalue weighted by molar-refractivity contribution is 5.87. The van der Waals surface area contributed by atoms with E-state index in [2.05, 4.69) is 0 Å². The maximum absolute atomic E-state index is 11.4. The van der Waals surface area contributed by atoms with Gasteiger partial charge in [-0.05, 0) is 29.7 Å². The lowest BCUT2D eigenvalue weighted by atomic mass is 9.92. The van der Waals surface area contributed by atoms with E-state index in [4.69, 9.17) is 5.11 Å². The Morgan fingerprint density at radius 1 is 0.900 bits per heavy atom. The maximum Gasteiger partial charge on any atom is 0.335 e. The molecular formula is C16H14O4. The molecule has 0 aromatic heterocycles. The van der Waals surface area contributed by atoms with Gasteiger partial charge in [-0.1, -0.05) is 42.5 Å². The molecule has 0 fully saturated rings. The fourth-order valence-corrected chi connectivity index (χ4v) is 2.05. The summed E-state index contributed by atoms with van der Waals surface area (Å²) in [5.41, 5.74) is 1.73. The Morgan fingerprint density at radius 2 is 1.50 bits per heavy atom. The predicted molar refractivity (Wildman–Crippen MR) is 73.9 cm³/mol. The molecule has 0 saturated carbocycles. The number of hydrogen-bond acceptors (Lipinski definition) is 2. The van der Waals surface area contributed by atoms with Gasteiger partial charge in [0.25, 0.3) is 0 Å². The standard InChI is InChI=1S/C16H14O4/c17-15(18)13-8-6-11(7-9-13)10-14(16(19)20)12-4-2-1-3-5-12/h1-9,14H,10H2,(H,17,18)(H,19,20). The molecular weight excluding hydrogens is 256 g/mol. The van der Waals surface area contributed by atoms with Crippen LogP contribution >= 0.6 is 0 Å². The molecule has 2 N–H and O–H groups in total. The Hall–Kier alpha value is -2.62. The SMILES string of the molecule is O=C(O)c1ccc(CC(C(=O)O)c2ccccc2)cc1. The average Bonchev–Trinajstić information content (AvgIpc) is 2.46. The van der Waals surface area contributed by atoms with Gasteiger partial charge < -0.3 is 10.2 Å². The molecule has 0 aliphatic rings. The molecule has 2 aromatic carbocycles. The highest BCUT2D eigenvalue weighted by Gasteiger charge is 2.20. The number of aliphatic carboxylic acids is 1. The van der Waals surface area contributed by atoms with Crippen LogP contribution in [0.1, 0.15) is 27.4 Å². The zero-order valence-corrected chi connectivity index (χ0v) is 10.7. The third-order valence-corrected chi connectivity index (χ3v) is 3.14. The lowest BCUT2D eigenvalue weighted by molar-refractivity contribution is -0.138. The number of hydrogen-bond donors (Lipinski definition) is 2. The highest BCUT2D eigenvalue weighted by Crippen LogP contribution is 2.21. The summed E-state index contributed by atoms with van der Waals surface area (Å²) in [6.07, 6.45) is 0.333. The summed E-state index contributed by atoms with van der Waals surface area (Å²) in [4.78, 5) is 22.2. The fourth-order valence-electron chi connectivity index (χ4n) is 2.05. The summed E-state index contributed by atoms with van der Waals surface area (Å²) < 4.78 is 0. The van der Waals surface area contributed by atoms with Gasteiger partial charge in [-0.15, -0.1) is 0 Å². The van der Waals surface area contributed by atoms with Crippen LogP contribution in [0, 0.1) is 0 Å². The van der Waals surface area contributed by atoms with E-state index in [9.17, 15) is 14.7 Å². The summed E-state index contributed by atoms with van der Waals surface area (Å²) in [6, 6.07) is 15.3. The predicted octanol–water partition coefficient (Wildman–Crippen LogP) is 2.80. The summed E-state index contributed by atoms with van der Waals surface area (Å²) in [7, 11) is 0. The van der Waals surface area contributed by atoms with Crippen molar-refractivity contribution >= 4 is 11.9 Å². The first-order valence-corrected chi connectivity index (χ1v) is 6.18. The van der Waals surface area contributed by atoms with E-state index in [0.717, 1.165) is 11.1 Å². The van der Waals surface area contributed by atoms with Crippen molar-refractivity contribution in [2.24, 2.45) is 0 Å². The van der Waals surface area contributed by atoms with Crippen LogP contribution in [0.4, 0.5) is 0 Å². The molecule has 0 spiro atoms. The number of carboxylic acid groups (broad SMARTS) is 2. The first-order valence-electron chi connectivity index (χ1n) is 6.18. The van der Waals surface area contributed by atoms with Gasteiger partial charge in [-0.25, -0.2) is 4.79 Å². The lowest BCUT2D eigenvalue weighted by Gasteiger charge is -2.13. The molecule has 4 heteroatoms. The smallest absolute Gasteiger partial charge is 0.335 e. The average molecular weight is 270 g/mol. The van der Waals surface area contributed by atoms with E-state index < -0.39 is 17.9 Å². The van der Waals surface area contributed by atoms with E-state index in [1.54, 1.807) is 36.4 Å². The molecule has 2 rings (SSSR count). The van der Waals surface area contributed by atoms with Gasteiger partial charge in [-0.2, -0.15) is 0 Å². The number of carboxylic acids is 2. The normalized spacial score (nSPS) is 11.8. The van der Waals surface area contributed by atoms with Crippen LogP contribution in [0.25, 0.3) is 0 Å². The Labute approximate surface area is 116 Å². The minimum absolute atomic E-state index is 0.195.